The third-order valence-electron chi connectivity index (χ3n) is 7.95. The van der Waals surface area contributed by atoms with Crippen LogP contribution in [-0.2, 0) is 14.2 Å². The van der Waals surface area contributed by atoms with Gasteiger partial charge in [-0.1, -0.05) is 6.92 Å². The number of carbonyl (C=O) groups excluding carboxylic acids is 3. The molecule has 9 heteroatoms. The molecule has 3 aromatic carbocycles. The van der Waals surface area contributed by atoms with Crippen molar-refractivity contribution in [1.29, 1.82) is 0 Å². The van der Waals surface area contributed by atoms with Crippen LogP contribution in [0.25, 0.3) is 0 Å². The molecular formula is C35H39NO7Se. The van der Waals surface area contributed by atoms with E-state index in [4.69, 9.17) is 14.2 Å². The molecule has 3 aromatic rings. The molecule has 5 atom stereocenters. The number of unbranched alkanes of at least 4 members (excludes halogenated alkanes) is 5. The number of hydrogen-bond donors (Lipinski definition) is 1. The van der Waals surface area contributed by atoms with Gasteiger partial charge in [0.25, 0.3) is 0 Å². The Morgan fingerprint density at radius 2 is 1.43 bits per heavy atom. The summed E-state index contributed by atoms with van der Waals surface area (Å²) in [6, 6.07) is 23.8. The van der Waals surface area contributed by atoms with E-state index < -0.39 is 48.4 Å². The van der Waals surface area contributed by atoms with Crippen molar-refractivity contribution >= 4 is 37.2 Å². The number of imide groups is 1. The van der Waals surface area contributed by atoms with Crippen LogP contribution in [0.1, 0.15) is 76.5 Å². The molecule has 1 N–H and O–H groups in total. The van der Waals surface area contributed by atoms with Crippen LogP contribution in [0.15, 0.2) is 84.9 Å². The van der Waals surface area contributed by atoms with Crippen molar-refractivity contribution < 1.29 is 33.7 Å². The van der Waals surface area contributed by atoms with E-state index in [1.807, 2.05) is 30.3 Å². The van der Waals surface area contributed by atoms with Gasteiger partial charge in [-0.25, -0.2) is 0 Å². The van der Waals surface area contributed by atoms with Gasteiger partial charge < -0.3 is 0 Å². The van der Waals surface area contributed by atoms with Crippen molar-refractivity contribution in [3.05, 3.63) is 102 Å². The predicted molar refractivity (Wildman–Crippen MR) is 167 cm³/mol. The Morgan fingerprint density at radius 3 is 2.09 bits per heavy atom. The van der Waals surface area contributed by atoms with Gasteiger partial charge in [-0.3, -0.25) is 0 Å². The number of ether oxygens (including phenoxy) is 3. The number of nitrogens with zero attached hydrogens (tertiary/aromatic N) is 1. The SMILES string of the molecule is CCCCCCCCO[C@@H]1O[C@H](C[Se]c2ccccc2)[C@@H](OC(=O)c2ccccc2)[C@H](O)[C@H]1N1C(=O)c2ccccc2C1=O. The minimum absolute atomic E-state index is 0.0742. The fourth-order valence-electron chi connectivity index (χ4n) is 5.62. The number of aliphatic hydroxyl groups is 1. The average Bonchev–Trinajstić information content (AvgIpc) is 3.30. The zero-order valence-electron chi connectivity index (χ0n) is 24.9. The molecule has 0 aromatic heterocycles. The average molecular weight is 665 g/mol. The Kier molecular flexibility index (Phi) is 11.4. The second kappa shape index (κ2) is 15.6. The molecule has 0 bridgehead atoms. The van der Waals surface area contributed by atoms with Crippen molar-refractivity contribution in [1.82, 2.24) is 4.90 Å². The van der Waals surface area contributed by atoms with Crippen LogP contribution in [0.4, 0.5) is 0 Å². The number of benzene rings is 3. The van der Waals surface area contributed by atoms with Crippen LogP contribution >= 0.6 is 0 Å². The normalized spacial score (nSPS) is 23.0. The number of rotatable bonds is 14. The van der Waals surface area contributed by atoms with E-state index in [0.717, 1.165) is 41.5 Å². The Morgan fingerprint density at radius 1 is 0.841 bits per heavy atom. The molecule has 0 unspecified atom stereocenters. The molecule has 2 amide bonds. The van der Waals surface area contributed by atoms with Crippen LogP contribution in [0.5, 0.6) is 0 Å². The molecule has 5 rings (SSSR count). The van der Waals surface area contributed by atoms with Gasteiger partial charge in [0.05, 0.1) is 0 Å². The minimum atomic E-state index is -1.44. The molecule has 0 spiro atoms. The van der Waals surface area contributed by atoms with E-state index in [9.17, 15) is 19.5 Å². The Balaban J connectivity index is 1.42. The first-order chi connectivity index (χ1) is 21.5. The van der Waals surface area contributed by atoms with E-state index in [1.165, 1.54) is 6.42 Å². The molecule has 1 fully saturated rings. The van der Waals surface area contributed by atoms with E-state index >= 15 is 0 Å². The quantitative estimate of drug-likeness (QED) is 0.115. The third kappa shape index (κ3) is 7.48. The van der Waals surface area contributed by atoms with Gasteiger partial charge >= 0.3 is 259 Å². The van der Waals surface area contributed by atoms with E-state index in [0.29, 0.717) is 17.5 Å². The Hall–Kier alpha value is -3.33. The fourth-order valence-corrected chi connectivity index (χ4v) is 7.66. The summed E-state index contributed by atoms with van der Waals surface area (Å²) in [5, 5.41) is 12.4. The molecule has 0 radical (unpaired) electrons. The maximum atomic E-state index is 13.6. The first-order valence-corrected chi connectivity index (χ1v) is 17.4. The molecule has 8 nitrogen and oxygen atoms in total. The van der Waals surface area contributed by atoms with Crippen molar-refractivity contribution in [2.24, 2.45) is 0 Å². The number of esters is 1. The van der Waals surface area contributed by atoms with Gasteiger partial charge in [0.15, 0.2) is 0 Å². The molecule has 44 heavy (non-hydrogen) atoms. The Labute approximate surface area is 264 Å². The Bertz CT molecular complexity index is 1370. The summed E-state index contributed by atoms with van der Waals surface area (Å²) in [7, 11) is 0. The van der Waals surface area contributed by atoms with E-state index in [1.54, 1.807) is 54.6 Å². The van der Waals surface area contributed by atoms with Gasteiger partial charge in [-0.2, -0.15) is 0 Å². The monoisotopic (exact) mass is 665 g/mol. The molecule has 1 saturated heterocycles. The standard InChI is InChI=1S/C35H39NO7Se/c1-2-3-4-5-6-15-22-41-35-29(36-32(38)26-20-13-14-21-27(26)33(36)39)30(37)31(43-34(40)24-16-9-7-10-17-24)28(42-35)23-44-25-18-11-8-12-19-25/h7-14,16-21,28-31,35,37H,2-6,15,22-23H2,1H3/t28-,29-,30-,31-,35-/m1/s1. The van der Waals surface area contributed by atoms with Crippen molar-refractivity contribution in [2.45, 2.75) is 81.4 Å². The summed E-state index contributed by atoms with van der Waals surface area (Å²) >= 11 is -0.0742. The summed E-state index contributed by atoms with van der Waals surface area (Å²) in [6.45, 7) is 2.52. The number of aliphatic hydroxyl groups excluding tert-OH is 1. The summed E-state index contributed by atoms with van der Waals surface area (Å²) in [4.78, 5) is 41.5. The molecule has 2 aliphatic heterocycles. The fraction of sp³-hybridized carbons (Fsp3) is 0.400. The first-order valence-electron chi connectivity index (χ1n) is 15.4. The number of fused-ring (bicyclic) bond motifs is 1. The van der Waals surface area contributed by atoms with Crippen LogP contribution in [0.3, 0.4) is 0 Å². The van der Waals surface area contributed by atoms with Gasteiger partial charge in [0.1, 0.15) is 0 Å². The molecule has 2 aliphatic rings. The summed E-state index contributed by atoms with van der Waals surface area (Å²) in [5.74, 6) is -1.69. The van der Waals surface area contributed by atoms with Crippen molar-refractivity contribution in [3.63, 3.8) is 0 Å². The molecule has 2 heterocycles. The molecule has 232 valence electrons. The zero-order valence-corrected chi connectivity index (χ0v) is 26.6. The second-order valence-electron chi connectivity index (χ2n) is 11.0. The molecule has 0 saturated carbocycles. The van der Waals surface area contributed by atoms with Gasteiger partial charge in [-0.15, -0.1) is 0 Å². The molecule has 0 aliphatic carbocycles. The second-order valence-corrected chi connectivity index (χ2v) is 13.3. The summed E-state index contributed by atoms with van der Waals surface area (Å²) in [5.41, 5.74) is 0.837. The first kappa shape index (κ1) is 32.1. The number of amides is 2. The van der Waals surface area contributed by atoms with Gasteiger partial charge in [-0.05, 0) is 0 Å². The molecular weight excluding hydrogens is 625 g/mol. The van der Waals surface area contributed by atoms with Crippen LogP contribution < -0.4 is 4.46 Å². The predicted octanol–water partition coefficient (Wildman–Crippen LogP) is 4.79. The summed E-state index contributed by atoms with van der Waals surface area (Å²) in [6.07, 6.45) is 1.96. The van der Waals surface area contributed by atoms with Crippen LogP contribution in [0, 0.1) is 0 Å². The van der Waals surface area contributed by atoms with Crippen molar-refractivity contribution in [3.8, 4) is 0 Å². The third-order valence-corrected chi connectivity index (χ3v) is 10.3. The zero-order chi connectivity index (χ0) is 30.9. The van der Waals surface area contributed by atoms with Gasteiger partial charge in [0.2, 0.25) is 0 Å². The topological polar surface area (TPSA) is 102 Å². The summed E-state index contributed by atoms with van der Waals surface area (Å²) < 4.78 is 19.8. The van der Waals surface area contributed by atoms with E-state index in [2.05, 4.69) is 6.92 Å². The van der Waals surface area contributed by atoms with Gasteiger partial charge in [0, 0.05) is 0 Å². The van der Waals surface area contributed by atoms with Crippen LogP contribution in [0.2, 0.25) is 5.32 Å². The maximum absolute atomic E-state index is 13.6. The number of hydrogen-bond acceptors (Lipinski definition) is 7. The van der Waals surface area contributed by atoms with Crippen LogP contribution in [-0.4, -0.2) is 80.0 Å². The number of carbonyl (C=O) groups is 3. The van der Waals surface area contributed by atoms with E-state index in [-0.39, 0.29) is 26.1 Å². The van der Waals surface area contributed by atoms with Crippen molar-refractivity contribution in [2.75, 3.05) is 6.61 Å².